The first-order valence-electron chi connectivity index (χ1n) is 4.81. The number of hydrogen-bond acceptors (Lipinski definition) is 0. The molecular weight excluding hydrogens is 175 g/mol. The summed E-state index contributed by atoms with van der Waals surface area (Å²) >= 11 is 0. The lowest BCUT2D eigenvalue weighted by molar-refractivity contribution is 0.596. The maximum Gasteiger partial charge on any atom is 0.126 e. The maximum absolute atomic E-state index is 13.3. The molecule has 0 fully saturated rings. The van der Waals surface area contributed by atoms with E-state index >= 15 is 0 Å². The smallest absolute Gasteiger partial charge is 0.126 e. The van der Waals surface area contributed by atoms with Gasteiger partial charge < -0.3 is 0 Å². The van der Waals surface area contributed by atoms with E-state index in [0.29, 0.717) is 5.92 Å². The van der Waals surface area contributed by atoms with Gasteiger partial charge in [-0.15, -0.1) is 0 Å². The van der Waals surface area contributed by atoms with Gasteiger partial charge in [-0.1, -0.05) is 47.3 Å². The SMILES string of the molecule is C.CC(C)c1ccc(F)c(C(C)C)c1. The molecule has 1 heteroatoms. The molecule has 0 radical (unpaired) electrons. The summed E-state index contributed by atoms with van der Waals surface area (Å²) in [7, 11) is 0. The van der Waals surface area contributed by atoms with Crippen molar-refractivity contribution >= 4 is 0 Å². The fourth-order valence-corrected chi connectivity index (χ4v) is 1.36. The molecule has 0 heterocycles. The summed E-state index contributed by atoms with van der Waals surface area (Å²) in [6, 6.07) is 5.42. The highest BCUT2D eigenvalue weighted by atomic mass is 19.1. The molecule has 0 aliphatic rings. The molecule has 0 amide bonds. The van der Waals surface area contributed by atoms with Crippen LogP contribution in [0.2, 0.25) is 0 Å². The lowest BCUT2D eigenvalue weighted by Gasteiger charge is -2.11. The summed E-state index contributed by atoms with van der Waals surface area (Å²) in [5.74, 6) is 0.649. The topological polar surface area (TPSA) is 0 Å². The summed E-state index contributed by atoms with van der Waals surface area (Å²) in [4.78, 5) is 0. The van der Waals surface area contributed by atoms with Crippen molar-refractivity contribution in [2.45, 2.75) is 47.0 Å². The fourth-order valence-electron chi connectivity index (χ4n) is 1.36. The molecule has 80 valence electrons. The Morgan fingerprint density at radius 1 is 1.00 bits per heavy atom. The van der Waals surface area contributed by atoms with Crippen LogP contribution in [0.15, 0.2) is 18.2 Å². The number of halogens is 1. The zero-order chi connectivity index (χ0) is 10.0. The first-order chi connectivity index (χ1) is 6.02. The summed E-state index contributed by atoms with van der Waals surface area (Å²) in [5, 5.41) is 0. The minimum Gasteiger partial charge on any atom is -0.207 e. The normalized spacial score (nSPS) is 10.5. The third-order valence-corrected chi connectivity index (χ3v) is 2.31. The van der Waals surface area contributed by atoms with Crippen molar-refractivity contribution in [1.82, 2.24) is 0 Å². The molecule has 0 nitrogen and oxygen atoms in total. The molecule has 1 aromatic carbocycles. The van der Waals surface area contributed by atoms with Crippen molar-refractivity contribution in [3.05, 3.63) is 35.1 Å². The van der Waals surface area contributed by atoms with Crippen molar-refractivity contribution in [3.8, 4) is 0 Å². The fraction of sp³-hybridized carbons (Fsp3) is 0.538. The van der Waals surface area contributed by atoms with Crippen LogP contribution in [0.25, 0.3) is 0 Å². The van der Waals surface area contributed by atoms with Crippen LogP contribution < -0.4 is 0 Å². The van der Waals surface area contributed by atoms with Crippen LogP contribution in [0.3, 0.4) is 0 Å². The Morgan fingerprint density at radius 3 is 2.00 bits per heavy atom. The van der Waals surface area contributed by atoms with Crippen LogP contribution in [-0.2, 0) is 0 Å². The van der Waals surface area contributed by atoms with Crippen molar-refractivity contribution in [2.24, 2.45) is 0 Å². The average molecular weight is 196 g/mol. The molecule has 0 unspecified atom stereocenters. The molecule has 0 spiro atoms. The van der Waals surface area contributed by atoms with Gasteiger partial charge in [-0.3, -0.25) is 0 Å². The minimum atomic E-state index is -0.0839. The van der Waals surface area contributed by atoms with E-state index in [1.54, 1.807) is 6.07 Å². The Balaban J connectivity index is 0.00000169. The highest BCUT2D eigenvalue weighted by Crippen LogP contribution is 2.23. The highest BCUT2D eigenvalue weighted by molar-refractivity contribution is 5.29. The van der Waals surface area contributed by atoms with Gasteiger partial charge in [0.1, 0.15) is 5.82 Å². The largest absolute Gasteiger partial charge is 0.207 e. The lowest BCUT2D eigenvalue weighted by atomic mass is 9.95. The molecule has 0 aliphatic heterocycles. The highest BCUT2D eigenvalue weighted by Gasteiger charge is 2.08. The standard InChI is InChI=1S/C12H17F.CH4/c1-8(2)10-5-6-12(13)11(7-10)9(3)4;/h5-9H,1-4H3;1H4. The van der Waals surface area contributed by atoms with E-state index in [0.717, 1.165) is 5.56 Å². The molecular formula is C13H21F. The van der Waals surface area contributed by atoms with Gasteiger partial charge in [0.15, 0.2) is 0 Å². The van der Waals surface area contributed by atoms with Gasteiger partial charge in [-0.25, -0.2) is 4.39 Å². The number of rotatable bonds is 2. The molecule has 0 saturated carbocycles. The second-order valence-corrected chi connectivity index (χ2v) is 4.09. The third-order valence-electron chi connectivity index (χ3n) is 2.31. The van der Waals surface area contributed by atoms with E-state index in [-0.39, 0.29) is 19.2 Å². The van der Waals surface area contributed by atoms with Crippen LogP contribution in [0, 0.1) is 5.82 Å². The predicted octanol–water partition coefficient (Wildman–Crippen LogP) is 4.71. The Bertz CT molecular complexity index is 287. The van der Waals surface area contributed by atoms with Gasteiger partial charge in [0.2, 0.25) is 0 Å². The minimum absolute atomic E-state index is 0. The summed E-state index contributed by atoms with van der Waals surface area (Å²) < 4.78 is 13.3. The van der Waals surface area contributed by atoms with Gasteiger partial charge in [-0.2, -0.15) is 0 Å². The molecule has 1 rings (SSSR count). The first kappa shape index (κ1) is 13.2. The Morgan fingerprint density at radius 2 is 1.57 bits per heavy atom. The van der Waals surface area contributed by atoms with E-state index in [2.05, 4.69) is 13.8 Å². The van der Waals surface area contributed by atoms with Crippen LogP contribution in [0.5, 0.6) is 0 Å². The monoisotopic (exact) mass is 196 g/mol. The van der Waals surface area contributed by atoms with Gasteiger partial charge in [-0.05, 0) is 29.0 Å². The summed E-state index contributed by atoms with van der Waals surface area (Å²) in [5.41, 5.74) is 2.04. The zero-order valence-corrected chi connectivity index (χ0v) is 8.76. The second kappa shape index (κ2) is 5.14. The molecule has 0 saturated heterocycles. The maximum atomic E-state index is 13.3. The van der Waals surface area contributed by atoms with E-state index in [9.17, 15) is 4.39 Å². The van der Waals surface area contributed by atoms with E-state index < -0.39 is 0 Å². The van der Waals surface area contributed by atoms with Crippen LogP contribution in [0.4, 0.5) is 4.39 Å². The number of hydrogen-bond donors (Lipinski definition) is 0. The van der Waals surface area contributed by atoms with E-state index in [1.165, 1.54) is 5.56 Å². The second-order valence-electron chi connectivity index (χ2n) is 4.09. The Labute approximate surface area is 87.2 Å². The van der Waals surface area contributed by atoms with E-state index in [1.807, 2.05) is 26.0 Å². The average Bonchev–Trinajstić information content (AvgIpc) is 2.04. The summed E-state index contributed by atoms with van der Waals surface area (Å²) in [6.07, 6.45) is 0. The van der Waals surface area contributed by atoms with Gasteiger partial charge >= 0.3 is 0 Å². The molecule has 0 N–H and O–H groups in total. The molecule has 1 aromatic rings. The van der Waals surface area contributed by atoms with Crippen molar-refractivity contribution in [2.75, 3.05) is 0 Å². The van der Waals surface area contributed by atoms with Crippen LogP contribution in [0.1, 0.15) is 58.1 Å². The molecule has 0 aromatic heterocycles. The van der Waals surface area contributed by atoms with Crippen LogP contribution >= 0.6 is 0 Å². The lowest BCUT2D eigenvalue weighted by Crippen LogP contribution is -1.96. The van der Waals surface area contributed by atoms with Crippen molar-refractivity contribution in [1.29, 1.82) is 0 Å². The van der Waals surface area contributed by atoms with Crippen molar-refractivity contribution in [3.63, 3.8) is 0 Å². The molecule has 0 atom stereocenters. The summed E-state index contributed by atoms with van der Waals surface area (Å²) in [6.45, 7) is 8.28. The molecule has 0 bridgehead atoms. The Kier molecular flexibility index (Phi) is 4.82. The molecule has 14 heavy (non-hydrogen) atoms. The van der Waals surface area contributed by atoms with Crippen LogP contribution in [-0.4, -0.2) is 0 Å². The Hall–Kier alpha value is -0.850. The third kappa shape index (κ3) is 2.83. The van der Waals surface area contributed by atoms with Gasteiger partial charge in [0.05, 0.1) is 0 Å². The first-order valence-corrected chi connectivity index (χ1v) is 4.81. The number of benzene rings is 1. The zero-order valence-electron chi connectivity index (χ0n) is 8.76. The van der Waals surface area contributed by atoms with Gasteiger partial charge in [0, 0.05) is 0 Å². The quantitative estimate of drug-likeness (QED) is 0.642. The van der Waals surface area contributed by atoms with Gasteiger partial charge in [0.25, 0.3) is 0 Å². The van der Waals surface area contributed by atoms with Crippen molar-refractivity contribution < 1.29 is 4.39 Å². The van der Waals surface area contributed by atoms with E-state index in [4.69, 9.17) is 0 Å². The molecule has 0 aliphatic carbocycles. The predicted molar refractivity (Wildman–Crippen MR) is 61.3 cm³/mol.